The molecule has 2 aromatic heterocycles. The highest BCUT2D eigenvalue weighted by Gasteiger charge is 2.27. The van der Waals surface area contributed by atoms with E-state index in [1.807, 2.05) is 42.6 Å². The van der Waals surface area contributed by atoms with Crippen LogP contribution in [0, 0.1) is 0 Å². The van der Waals surface area contributed by atoms with Crippen molar-refractivity contribution in [1.82, 2.24) is 19.9 Å². The van der Waals surface area contributed by atoms with Crippen LogP contribution in [0.1, 0.15) is 24.4 Å². The summed E-state index contributed by atoms with van der Waals surface area (Å²) in [5.74, 6) is 0.838. The molecule has 0 aliphatic carbocycles. The molecule has 1 aliphatic rings. The monoisotopic (exact) mass is 377 g/mol. The highest BCUT2D eigenvalue weighted by molar-refractivity contribution is 5.88. The molecule has 3 heterocycles. The van der Waals surface area contributed by atoms with Gasteiger partial charge in [-0.3, -0.25) is 14.7 Å². The predicted octanol–water partition coefficient (Wildman–Crippen LogP) is 3.00. The summed E-state index contributed by atoms with van der Waals surface area (Å²) >= 11 is 0. The fourth-order valence-corrected chi connectivity index (χ4v) is 3.39. The molecule has 4 rings (SSSR count). The number of nitrogens with one attached hydrogen (secondary N) is 2. The van der Waals surface area contributed by atoms with Crippen LogP contribution in [0.5, 0.6) is 0 Å². The lowest BCUT2D eigenvalue weighted by Gasteiger charge is -2.34. The van der Waals surface area contributed by atoms with Crippen LogP contribution in [0.15, 0.2) is 55.0 Å². The minimum Gasteiger partial charge on any atom is -0.378 e. The molecule has 1 atom stereocenters. The Morgan fingerprint density at radius 3 is 2.79 bits per heavy atom. The van der Waals surface area contributed by atoms with E-state index in [1.54, 1.807) is 12.4 Å². The topological polar surface area (TPSA) is 83.1 Å². The number of carbonyl (C=O) groups is 1. The Kier molecular flexibility index (Phi) is 5.45. The number of hydrogen-bond acceptors (Lipinski definition) is 5. The molecule has 1 fully saturated rings. The highest BCUT2D eigenvalue weighted by atomic mass is 16.5. The maximum Gasteiger partial charge on any atom is 0.221 e. The van der Waals surface area contributed by atoms with Crippen molar-refractivity contribution in [2.75, 3.05) is 25.1 Å². The van der Waals surface area contributed by atoms with Crippen molar-refractivity contribution >= 4 is 11.6 Å². The van der Waals surface area contributed by atoms with Crippen LogP contribution in [0.3, 0.4) is 0 Å². The van der Waals surface area contributed by atoms with Crippen LogP contribution < -0.4 is 5.32 Å². The second-order valence-electron chi connectivity index (χ2n) is 6.86. The lowest BCUT2D eigenvalue weighted by Crippen LogP contribution is -2.39. The van der Waals surface area contributed by atoms with E-state index < -0.39 is 0 Å². The molecule has 144 valence electrons. The molecule has 0 spiro atoms. The van der Waals surface area contributed by atoms with Gasteiger partial charge in [0.15, 0.2) is 0 Å². The number of pyridine rings is 1. The minimum absolute atomic E-state index is 0.0659. The summed E-state index contributed by atoms with van der Waals surface area (Å²) in [6.45, 7) is 4.45. The van der Waals surface area contributed by atoms with Gasteiger partial charge in [-0.1, -0.05) is 12.1 Å². The summed E-state index contributed by atoms with van der Waals surface area (Å²) in [4.78, 5) is 25.6. The Morgan fingerprint density at radius 2 is 2.04 bits per heavy atom. The first-order valence-electron chi connectivity index (χ1n) is 9.32. The molecule has 3 aromatic rings. The van der Waals surface area contributed by atoms with Gasteiger partial charge in [-0.05, 0) is 29.8 Å². The van der Waals surface area contributed by atoms with Crippen LogP contribution in [-0.4, -0.2) is 45.5 Å². The number of imidazole rings is 1. The standard InChI is InChI=1S/C21H23N5O2/c1-15(27)24-18-4-2-16(3-5-18)13-26-10-11-28-14-20(26)21-23-12-19(25-21)17-6-8-22-9-7-17/h2-9,12,20H,10-11,13-14H2,1H3,(H,23,25)(H,24,27)/t20-/m0/s1. The zero-order chi connectivity index (χ0) is 19.3. The fraction of sp³-hybridized carbons (Fsp3) is 0.286. The number of H-pyrrole nitrogens is 1. The number of amides is 1. The molecule has 0 bridgehead atoms. The third-order valence-corrected chi connectivity index (χ3v) is 4.80. The molecule has 7 heteroatoms. The normalized spacial score (nSPS) is 17.4. The molecule has 28 heavy (non-hydrogen) atoms. The van der Waals surface area contributed by atoms with Crippen LogP contribution in [0.25, 0.3) is 11.3 Å². The number of ether oxygens (including phenoxy) is 1. The minimum atomic E-state index is -0.0659. The lowest BCUT2D eigenvalue weighted by molar-refractivity contribution is -0.114. The summed E-state index contributed by atoms with van der Waals surface area (Å²) < 4.78 is 5.72. The first-order valence-corrected chi connectivity index (χ1v) is 9.32. The van der Waals surface area contributed by atoms with Gasteiger partial charge in [-0.2, -0.15) is 0 Å². The Morgan fingerprint density at radius 1 is 1.25 bits per heavy atom. The molecule has 1 aliphatic heterocycles. The molecule has 7 nitrogen and oxygen atoms in total. The third kappa shape index (κ3) is 4.27. The van der Waals surface area contributed by atoms with Crippen LogP contribution >= 0.6 is 0 Å². The Hall–Kier alpha value is -3.03. The number of aromatic nitrogens is 3. The van der Waals surface area contributed by atoms with E-state index in [0.29, 0.717) is 13.2 Å². The Bertz CT molecular complexity index is 923. The Labute approximate surface area is 163 Å². The largest absolute Gasteiger partial charge is 0.378 e. The molecular weight excluding hydrogens is 354 g/mol. The number of anilines is 1. The van der Waals surface area contributed by atoms with Crippen molar-refractivity contribution in [2.45, 2.75) is 19.5 Å². The molecule has 0 saturated carbocycles. The van der Waals surface area contributed by atoms with E-state index in [1.165, 1.54) is 12.5 Å². The zero-order valence-electron chi connectivity index (χ0n) is 15.8. The van der Waals surface area contributed by atoms with Crippen molar-refractivity contribution < 1.29 is 9.53 Å². The van der Waals surface area contributed by atoms with Gasteiger partial charge in [0.2, 0.25) is 5.91 Å². The SMILES string of the molecule is CC(=O)Nc1ccc(CN2CCOC[C@H]2c2ncc(-c3ccncc3)[nH]2)cc1. The average Bonchev–Trinajstić information content (AvgIpc) is 3.20. The average molecular weight is 377 g/mol. The number of aromatic amines is 1. The summed E-state index contributed by atoms with van der Waals surface area (Å²) in [6, 6.07) is 11.9. The fourth-order valence-electron chi connectivity index (χ4n) is 3.39. The number of nitrogens with zero attached hydrogens (tertiary/aromatic N) is 3. The van der Waals surface area contributed by atoms with Crippen molar-refractivity contribution in [3.63, 3.8) is 0 Å². The summed E-state index contributed by atoms with van der Waals surface area (Å²) in [7, 11) is 0. The molecule has 1 amide bonds. The van der Waals surface area contributed by atoms with Crippen LogP contribution in [0.4, 0.5) is 5.69 Å². The number of hydrogen-bond donors (Lipinski definition) is 2. The van der Waals surface area contributed by atoms with Gasteiger partial charge in [-0.15, -0.1) is 0 Å². The van der Waals surface area contributed by atoms with Crippen LogP contribution in [-0.2, 0) is 16.1 Å². The highest BCUT2D eigenvalue weighted by Crippen LogP contribution is 2.26. The van der Waals surface area contributed by atoms with E-state index in [9.17, 15) is 4.79 Å². The van der Waals surface area contributed by atoms with Gasteiger partial charge in [-0.25, -0.2) is 4.98 Å². The number of morpholine rings is 1. The number of rotatable bonds is 5. The molecule has 2 N–H and O–H groups in total. The van der Waals surface area contributed by atoms with Crippen molar-refractivity contribution in [3.05, 3.63) is 66.4 Å². The van der Waals surface area contributed by atoms with Crippen molar-refractivity contribution in [1.29, 1.82) is 0 Å². The van der Waals surface area contributed by atoms with Gasteiger partial charge in [0, 0.05) is 43.7 Å². The maximum absolute atomic E-state index is 11.2. The van der Waals surface area contributed by atoms with Crippen molar-refractivity contribution in [2.24, 2.45) is 0 Å². The van der Waals surface area contributed by atoms with E-state index in [2.05, 4.69) is 25.2 Å². The van der Waals surface area contributed by atoms with E-state index in [4.69, 9.17) is 4.74 Å². The van der Waals surface area contributed by atoms with Gasteiger partial charge in [0.05, 0.1) is 31.1 Å². The lowest BCUT2D eigenvalue weighted by atomic mass is 10.1. The smallest absolute Gasteiger partial charge is 0.221 e. The van der Waals surface area contributed by atoms with Crippen LogP contribution in [0.2, 0.25) is 0 Å². The molecule has 0 unspecified atom stereocenters. The third-order valence-electron chi connectivity index (χ3n) is 4.80. The maximum atomic E-state index is 11.2. The van der Waals surface area contributed by atoms with Gasteiger partial charge >= 0.3 is 0 Å². The van der Waals surface area contributed by atoms with Gasteiger partial charge in [0.25, 0.3) is 0 Å². The predicted molar refractivity (Wildman–Crippen MR) is 107 cm³/mol. The summed E-state index contributed by atoms with van der Waals surface area (Å²) in [5.41, 5.74) is 4.03. The second-order valence-corrected chi connectivity index (χ2v) is 6.86. The van der Waals surface area contributed by atoms with E-state index in [0.717, 1.165) is 35.9 Å². The number of carbonyl (C=O) groups excluding carboxylic acids is 1. The van der Waals surface area contributed by atoms with Gasteiger partial charge < -0.3 is 15.0 Å². The molecule has 1 saturated heterocycles. The first-order chi connectivity index (χ1) is 13.7. The second kappa shape index (κ2) is 8.33. The summed E-state index contributed by atoms with van der Waals surface area (Å²) in [5, 5.41) is 2.80. The summed E-state index contributed by atoms with van der Waals surface area (Å²) in [6.07, 6.45) is 5.41. The van der Waals surface area contributed by atoms with Gasteiger partial charge in [0.1, 0.15) is 5.82 Å². The van der Waals surface area contributed by atoms with Crippen molar-refractivity contribution in [3.8, 4) is 11.3 Å². The Balaban J connectivity index is 1.49. The quantitative estimate of drug-likeness (QED) is 0.714. The zero-order valence-corrected chi connectivity index (χ0v) is 15.8. The molecular formula is C21H23N5O2. The molecule has 1 aromatic carbocycles. The molecule has 0 radical (unpaired) electrons. The first kappa shape index (κ1) is 18.3. The number of benzene rings is 1. The van der Waals surface area contributed by atoms with E-state index >= 15 is 0 Å². The van der Waals surface area contributed by atoms with E-state index in [-0.39, 0.29) is 11.9 Å².